The molecule has 5 rings (SSSR count). The lowest BCUT2D eigenvalue weighted by molar-refractivity contribution is 0.379. The van der Waals surface area contributed by atoms with Crippen LogP contribution in [0, 0.1) is 17.2 Å². The number of hydrogen-bond acceptors (Lipinski definition) is 7. The van der Waals surface area contributed by atoms with Crippen molar-refractivity contribution in [3.05, 3.63) is 117 Å². The number of rotatable bonds is 10. The zero-order chi connectivity index (χ0) is 28.3. The van der Waals surface area contributed by atoms with Crippen LogP contribution in [0.1, 0.15) is 66.0 Å². The summed E-state index contributed by atoms with van der Waals surface area (Å²) in [5.74, 6) is 0.221. The third-order valence-electron chi connectivity index (χ3n) is 7.25. The topological polar surface area (TPSA) is 133 Å². The Morgan fingerprint density at radius 1 is 1.10 bits per heavy atom. The number of sulfonamides is 1. The average molecular weight is 556 g/mol. The molecule has 0 aliphatic heterocycles. The molecule has 0 saturated heterocycles. The van der Waals surface area contributed by atoms with E-state index in [1.165, 1.54) is 18.3 Å². The molecular formula is C31H29N3O5S. The summed E-state index contributed by atoms with van der Waals surface area (Å²) in [5, 5.41) is 19.8. The van der Waals surface area contributed by atoms with Crippen LogP contribution in [0.3, 0.4) is 0 Å². The van der Waals surface area contributed by atoms with Crippen molar-refractivity contribution in [1.82, 2.24) is 4.98 Å². The van der Waals surface area contributed by atoms with Crippen molar-refractivity contribution in [2.24, 2.45) is 5.92 Å². The number of nitriles is 1. The maximum Gasteiger partial charge on any atom is 0.343 e. The molecule has 2 aromatic carbocycles. The van der Waals surface area contributed by atoms with Gasteiger partial charge in [0.05, 0.1) is 11.1 Å². The maximum atomic E-state index is 13.2. The summed E-state index contributed by atoms with van der Waals surface area (Å²) >= 11 is 0. The lowest BCUT2D eigenvalue weighted by Crippen LogP contribution is -2.17. The molecule has 1 aliphatic carbocycles. The lowest BCUT2D eigenvalue weighted by atomic mass is 9.87. The first-order valence-corrected chi connectivity index (χ1v) is 14.7. The van der Waals surface area contributed by atoms with Crippen molar-refractivity contribution in [1.29, 1.82) is 5.26 Å². The van der Waals surface area contributed by atoms with Gasteiger partial charge in [-0.05, 0) is 67.0 Å². The Labute approximate surface area is 233 Å². The molecule has 1 saturated carbocycles. The quantitative estimate of drug-likeness (QED) is 0.257. The van der Waals surface area contributed by atoms with E-state index in [9.17, 15) is 18.3 Å². The highest BCUT2D eigenvalue weighted by molar-refractivity contribution is 7.92. The van der Waals surface area contributed by atoms with E-state index < -0.39 is 15.6 Å². The SMILES string of the molecule is CCC(Cc1cccc(NS(=O)(=O)c2ccc(C#N)cn2)c1)c1cc(O)c(C(c2ccccc2)C2CC2)c(=O)o1. The van der Waals surface area contributed by atoms with Crippen molar-refractivity contribution >= 4 is 15.7 Å². The molecule has 4 aromatic rings. The van der Waals surface area contributed by atoms with E-state index in [0.717, 1.165) is 24.0 Å². The second-order valence-electron chi connectivity index (χ2n) is 10.1. The summed E-state index contributed by atoms with van der Waals surface area (Å²) in [7, 11) is -3.95. The van der Waals surface area contributed by atoms with Crippen LogP contribution in [0.15, 0.2) is 93.2 Å². The molecule has 1 aliphatic rings. The fourth-order valence-corrected chi connectivity index (χ4v) is 6.05. The van der Waals surface area contributed by atoms with Gasteiger partial charge >= 0.3 is 5.63 Å². The van der Waals surface area contributed by atoms with Crippen LogP contribution >= 0.6 is 0 Å². The maximum absolute atomic E-state index is 13.2. The van der Waals surface area contributed by atoms with Crippen molar-refractivity contribution in [3.63, 3.8) is 0 Å². The summed E-state index contributed by atoms with van der Waals surface area (Å²) in [6.45, 7) is 1.97. The first-order valence-electron chi connectivity index (χ1n) is 13.2. The van der Waals surface area contributed by atoms with Crippen LogP contribution in [0.5, 0.6) is 5.75 Å². The summed E-state index contributed by atoms with van der Waals surface area (Å²) < 4.78 is 33.9. The summed E-state index contributed by atoms with van der Waals surface area (Å²) in [4.78, 5) is 17.1. The van der Waals surface area contributed by atoms with Crippen LogP contribution < -0.4 is 10.3 Å². The Kier molecular flexibility index (Phi) is 7.71. The van der Waals surface area contributed by atoms with Crippen LogP contribution in [0.2, 0.25) is 0 Å². The molecule has 40 heavy (non-hydrogen) atoms. The average Bonchev–Trinajstić information content (AvgIpc) is 3.79. The van der Waals surface area contributed by atoms with Gasteiger partial charge in [-0.1, -0.05) is 49.4 Å². The van der Waals surface area contributed by atoms with Crippen molar-refractivity contribution in [2.75, 3.05) is 4.72 Å². The highest BCUT2D eigenvalue weighted by atomic mass is 32.2. The highest BCUT2D eigenvalue weighted by Gasteiger charge is 2.37. The van der Waals surface area contributed by atoms with Gasteiger partial charge in [-0.15, -0.1) is 0 Å². The van der Waals surface area contributed by atoms with Gasteiger partial charge in [0.2, 0.25) is 0 Å². The number of pyridine rings is 1. The molecule has 2 aromatic heterocycles. The second kappa shape index (κ2) is 11.4. The van der Waals surface area contributed by atoms with Gasteiger partial charge < -0.3 is 9.52 Å². The third-order valence-corrected chi connectivity index (χ3v) is 8.54. The van der Waals surface area contributed by atoms with Gasteiger partial charge in [0, 0.05) is 29.8 Å². The molecule has 2 unspecified atom stereocenters. The summed E-state index contributed by atoms with van der Waals surface area (Å²) in [5.41, 5.74) is 2.22. The van der Waals surface area contributed by atoms with Crippen LogP contribution in [-0.2, 0) is 16.4 Å². The number of nitrogens with one attached hydrogen (secondary N) is 1. The lowest BCUT2D eigenvalue weighted by Gasteiger charge is -2.20. The minimum atomic E-state index is -3.95. The normalized spacial score (nSPS) is 14.7. The van der Waals surface area contributed by atoms with Crippen LogP contribution in [0.4, 0.5) is 5.69 Å². The number of benzene rings is 2. The molecule has 0 spiro atoms. The van der Waals surface area contributed by atoms with E-state index in [1.54, 1.807) is 24.3 Å². The molecule has 2 heterocycles. The summed E-state index contributed by atoms with van der Waals surface area (Å²) in [6.07, 6.45) is 4.31. The molecule has 1 fully saturated rings. The Bertz CT molecular complexity index is 1710. The Morgan fingerprint density at radius 3 is 2.50 bits per heavy atom. The van der Waals surface area contributed by atoms with Gasteiger partial charge in [-0.25, -0.2) is 9.78 Å². The van der Waals surface area contributed by atoms with Gasteiger partial charge in [0.1, 0.15) is 17.6 Å². The van der Waals surface area contributed by atoms with E-state index in [1.807, 2.05) is 49.4 Å². The zero-order valence-corrected chi connectivity index (χ0v) is 22.8. The number of anilines is 1. The highest BCUT2D eigenvalue weighted by Crippen LogP contribution is 2.47. The number of aromatic nitrogens is 1. The standard InChI is InChI=1S/C31H29N3O5S/c1-2-22(15-20-7-6-10-25(16-20)34-40(37,38)28-14-11-21(18-32)19-33-28)27-17-26(35)30(31(36)39-27)29(24-12-13-24)23-8-4-3-5-9-23/h3-11,14,16-17,19,22,24,29,34-35H,2,12-13,15H2,1H3. The Hall–Kier alpha value is -4.42. The molecule has 0 amide bonds. The van der Waals surface area contributed by atoms with Crippen molar-refractivity contribution in [3.8, 4) is 11.8 Å². The van der Waals surface area contributed by atoms with Crippen molar-refractivity contribution in [2.45, 2.75) is 49.5 Å². The zero-order valence-electron chi connectivity index (χ0n) is 21.9. The molecule has 0 radical (unpaired) electrons. The van der Waals surface area contributed by atoms with E-state index in [4.69, 9.17) is 9.68 Å². The first kappa shape index (κ1) is 27.2. The number of aromatic hydroxyl groups is 1. The van der Waals surface area contributed by atoms with Gasteiger partial charge in [-0.3, -0.25) is 4.72 Å². The molecule has 8 nitrogen and oxygen atoms in total. The van der Waals surface area contributed by atoms with Crippen LogP contribution in [-0.4, -0.2) is 18.5 Å². The molecule has 2 atom stereocenters. The van der Waals surface area contributed by atoms with E-state index in [-0.39, 0.29) is 28.2 Å². The van der Waals surface area contributed by atoms with Crippen molar-refractivity contribution < 1.29 is 17.9 Å². The fraction of sp³-hybridized carbons (Fsp3) is 0.258. The number of nitrogens with zero attached hydrogens (tertiary/aromatic N) is 2. The monoisotopic (exact) mass is 555 g/mol. The summed E-state index contributed by atoms with van der Waals surface area (Å²) in [6, 6.07) is 22.8. The molecule has 204 valence electrons. The molecule has 0 bridgehead atoms. The largest absolute Gasteiger partial charge is 0.507 e. The third kappa shape index (κ3) is 5.92. The smallest absolute Gasteiger partial charge is 0.343 e. The predicted octanol–water partition coefficient (Wildman–Crippen LogP) is 5.69. The van der Waals surface area contributed by atoms with E-state index in [2.05, 4.69) is 9.71 Å². The van der Waals surface area contributed by atoms with Crippen LogP contribution in [0.25, 0.3) is 0 Å². The van der Waals surface area contributed by atoms with Gasteiger partial charge in [0.15, 0.2) is 5.03 Å². The Morgan fingerprint density at radius 2 is 1.88 bits per heavy atom. The molecule has 9 heteroatoms. The second-order valence-corrected chi connectivity index (χ2v) is 11.7. The predicted molar refractivity (Wildman–Crippen MR) is 151 cm³/mol. The Balaban J connectivity index is 1.37. The van der Waals surface area contributed by atoms with Gasteiger partial charge in [-0.2, -0.15) is 13.7 Å². The first-order chi connectivity index (χ1) is 19.3. The van der Waals surface area contributed by atoms with Gasteiger partial charge in [0.25, 0.3) is 10.0 Å². The number of hydrogen-bond donors (Lipinski definition) is 2. The molecule has 2 N–H and O–H groups in total. The van der Waals surface area contributed by atoms with E-state index >= 15 is 0 Å². The fourth-order valence-electron chi connectivity index (χ4n) is 5.07. The molecular weight excluding hydrogens is 526 g/mol. The minimum Gasteiger partial charge on any atom is -0.507 e. The van der Waals surface area contributed by atoms with E-state index in [0.29, 0.717) is 35.8 Å². The minimum absolute atomic E-state index is 0.0538.